The first-order chi connectivity index (χ1) is 6.31. The van der Waals surface area contributed by atoms with Gasteiger partial charge in [0.2, 0.25) is 0 Å². The number of rotatable bonds is 3. The van der Waals surface area contributed by atoms with Crippen molar-refractivity contribution < 1.29 is 4.74 Å². The molecule has 2 N–H and O–H groups in total. The van der Waals surface area contributed by atoms with E-state index in [0.29, 0.717) is 12.6 Å². The van der Waals surface area contributed by atoms with Crippen LogP contribution >= 0.6 is 0 Å². The Labute approximate surface area is 78.7 Å². The molecule has 0 saturated heterocycles. The smallest absolute Gasteiger partial charge is 0.122 e. The summed E-state index contributed by atoms with van der Waals surface area (Å²) in [5.41, 5.74) is 7.98. The quantitative estimate of drug-likeness (QED) is 0.766. The first-order valence-corrected chi connectivity index (χ1v) is 4.76. The van der Waals surface area contributed by atoms with Crippen LogP contribution in [0.5, 0.6) is 5.75 Å². The highest BCUT2D eigenvalue weighted by atomic mass is 16.5. The van der Waals surface area contributed by atoms with E-state index in [0.717, 1.165) is 5.75 Å². The van der Waals surface area contributed by atoms with E-state index in [-0.39, 0.29) is 0 Å². The van der Waals surface area contributed by atoms with Crippen LogP contribution in [-0.2, 0) is 6.54 Å². The SMILES string of the molecule is Cc1c(CN)cccc1OC1CC1. The van der Waals surface area contributed by atoms with Gasteiger partial charge >= 0.3 is 0 Å². The van der Waals surface area contributed by atoms with Gasteiger partial charge in [-0.15, -0.1) is 0 Å². The topological polar surface area (TPSA) is 35.2 Å². The van der Waals surface area contributed by atoms with Crippen LogP contribution in [0.1, 0.15) is 24.0 Å². The van der Waals surface area contributed by atoms with Gasteiger partial charge in [0.1, 0.15) is 5.75 Å². The minimum Gasteiger partial charge on any atom is -0.490 e. The van der Waals surface area contributed by atoms with Gasteiger partial charge in [-0.25, -0.2) is 0 Å². The summed E-state index contributed by atoms with van der Waals surface area (Å²) in [5, 5.41) is 0. The maximum absolute atomic E-state index is 5.74. The molecule has 0 unspecified atom stereocenters. The molecule has 2 nitrogen and oxygen atoms in total. The van der Waals surface area contributed by atoms with Gasteiger partial charge in [-0.2, -0.15) is 0 Å². The molecule has 1 saturated carbocycles. The summed E-state index contributed by atoms with van der Waals surface area (Å²) < 4.78 is 5.74. The molecule has 0 spiro atoms. The van der Waals surface area contributed by atoms with Crippen molar-refractivity contribution in [2.45, 2.75) is 32.4 Å². The van der Waals surface area contributed by atoms with E-state index in [9.17, 15) is 0 Å². The lowest BCUT2D eigenvalue weighted by molar-refractivity contribution is 0.301. The third kappa shape index (κ3) is 1.83. The van der Waals surface area contributed by atoms with Crippen LogP contribution in [0.2, 0.25) is 0 Å². The Morgan fingerprint density at radius 2 is 2.23 bits per heavy atom. The monoisotopic (exact) mass is 177 g/mol. The average Bonchev–Trinajstić information content (AvgIpc) is 2.92. The first-order valence-electron chi connectivity index (χ1n) is 4.76. The van der Waals surface area contributed by atoms with Gasteiger partial charge in [0.15, 0.2) is 0 Å². The highest BCUT2D eigenvalue weighted by Crippen LogP contribution is 2.29. The van der Waals surface area contributed by atoms with E-state index in [2.05, 4.69) is 13.0 Å². The summed E-state index contributed by atoms with van der Waals surface area (Å²) in [6.45, 7) is 2.66. The zero-order valence-corrected chi connectivity index (χ0v) is 7.92. The first kappa shape index (κ1) is 8.57. The molecule has 0 radical (unpaired) electrons. The molecule has 13 heavy (non-hydrogen) atoms. The molecule has 1 aliphatic carbocycles. The van der Waals surface area contributed by atoms with Gasteiger partial charge in [-0.05, 0) is 37.0 Å². The largest absolute Gasteiger partial charge is 0.490 e. The van der Waals surface area contributed by atoms with Crippen molar-refractivity contribution in [1.82, 2.24) is 0 Å². The Balaban J connectivity index is 2.22. The summed E-state index contributed by atoms with van der Waals surface area (Å²) in [6, 6.07) is 6.08. The molecule has 0 heterocycles. The molecular weight excluding hydrogens is 162 g/mol. The number of nitrogens with two attached hydrogens (primary N) is 1. The van der Waals surface area contributed by atoms with Gasteiger partial charge in [-0.1, -0.05) is 12.1 Å². The fourth-order valence-electron chi connectivity index (χ4n) is 1.37. The molecular formula is C11H15NO. The van der Waals surface area contributed by atoms with Gasteiger partial charge in [-0.3, -0.25) is 0 Å². The zero-order valence-electron chi connectivity index (χ0n) is 7.92. The predicted octanol–water partition coefficient (Wildman–Crippen LogP) is 1.99. The van der Waals surface area contributed by atoms with Gasteiger partial charge in [0.25, 0.3) is 0 Å². The van der Waals surface area contributed by atoms with Gasteiger partial charge in [0, 0.05) is 6.54 Å². The molecule has 0 amide bonds. The summed E-state index contributed by atoms with van der Waals surface area (Å²) in [6.07, 6.45) is 2.87. The van der Waals surface area contributed by atoms with Gasteiger partial charge < -0.3 is 10.5 Å². The van der Waals surface area contributed by atoms with Crippen molar-refractivity contribution in [3.63, 3.8) is 0 Å². The summed E-state index contributed by atoms with van der Waals surface area (Å²) in [7, 11) is 0. The van der Waals surface area contributed by atoms with Crippen LogP contribution in [0.4, 0.5) is 0 Å². The summed E-state index contributed by atoms with van der Waals surface area (Å²) in [4.78, 5) is 0. The second-order valence-electron chi connectivity index (χ2n) is 3.56. The van der Waals surface area contributed by atoms with E-state index >= 15 is 0 Å². The Morgan fingerprint density at radius 3 is 2.85 bits per heavy atom. The van der Waals surface area contributed by atoms with E-state index in [1.165, 1.54) is 24.0 Å². The van der Waals surface area contributed by atoms with Crippen LogP contribution < -0.4 is 10.5 Å². The van der Waals surface area contributed by atoms with Crippen molar-refractivity contribution in [2.75, 3.05) is 0 Å². The third-order valence-electron chi connectivity index (χ3n) is 2.43. The maximum atomic E-state index is 5.74. The second kappa shape index (κ2) is 3.38. The number of benzene rings is 1. The molecule has 1 fully saturated rings. The van der Waals surface area contributed by atoms with E-state index in [1.807, 2.05) is 12.1 Å². The number of hydrogen-bond acceptors (Lipinski definition) is 2. The standard InChI is InChI=1S/C11H15NO/c1-8-9(7-12)3-2-4-11(8)13-10-5-6-10/h2-4,10H,5-7,12H2,1H3. The molecule has 2 rings (SSSR count). The molecule has 1 aromatic carbocycles. The predicted molar refractivity (Wildman–Crippen MR) is 52.7 cm³/mol. The highest BCUT2D eigenvalue weighted by Gasteiger charge is 2.24. The minimum atomic E-state index is 0.465. The molecule has 0 aromatic heterocycles. The summed E-state index contributed by atoms with van der Waals surface area (Å²) >= 11 is 0. The zero-order chi connectivity index (χ0) is 9.26. The fraction of sp³-hybridized carbons (Fsp3) is 0.455. The van der Waals surface area contributed by atoms with E-state index in [1.54, 1.807) is 0 Å². The van der Waals surface area contributed by atoms with Gasteiger partial charge in [0.05, 0.1) is 6.10 Å². The molecule has 0 bridgehead atoms. The average molecular weight is 177 g/mol. The molecule has 0 atom stereocenters. The lowest BCUT2D eigenvalue weighted by Gasteiger charge is -2.10. The highest BCUT2D eigenvalue weighted by molar-refractivity contribution is 5.39. The van der Waals surface area contributed by atoms with Crippen molar-refractivity contribution in [3.8, 4) is 5.75 Å². The Morgan fingerprint density at radius 1 is 1.46 bits per heavy atom. The molecule has 70 valence electrons. The van der Waals surface area contributed by atoms with Crippen LogP contribution in [0.15, 0.2) is 18.2 Å². The molecule has 0 aliphatic heterocycles. The lowest BCUT2D eigenvalue weighted by atomic mass is 10.1. The van der Waals surface area contributed by atoms with E-state index in [4.69, 9.17) is 10.5 Å². The molecule has 1 aliphatic rings. The maximum Gasteiger partial charge on any atom is 0.122 e. The lowest BCUT2D eigenvalue weighted by Crippen LogP contribution is -2.03. The van der Waals surface area contributed by atoms with E-state index < -0.39 is 0 Å². The normalized spacial score (nSPS) is 15.8. The van der Waals surface area contributed by atoms with Crippen molar-refractivity contribution in [3.05, 3.63) is 29.3 Å². The van der Waals surface area contributed by atoms with Crippen LogP contribution in [0, 0.1) is 6.92 Å². The van der Waals surface area contributed by atoms with Crippen molar-refractivity contribution in [2.24, 2.45) is 5.73 Å². The summed E-state index contributed by atoms with van der Waals surface area (Å²) in [5.74, 6) is 1.01. The minimum absolute atomic E-state index is 0.465. The Hall–Kier alpha value is -1.02. The Bertz CT molecular complexity index is 305. The van der Waals surface area contributed by atoms with Crippen LogP contribution in [-0.4, -0.2) is 6.10 Å². The van der Waals surface area contributed by atoms with Crippen LogP contribution in [0.3, 0.4) is 0 Å². The van der Waals surface area contributed by atoms with Crippen LogP contribution in [0.25, 0.3) is 0 Å². The van der Waals surface area contributed by atoms with Crippen molar-refractivity contribution in [1.29, 1.82) is 0 Å². The Kier molecular flexibility index (Phi) is 2.23. The molecule has 2 heteroatoms. The fourth-order valence-corrected chi connectivity index (χ4v) is 1.37. The van der Waals surface area contributed by atoms with Crippen molar-refractivity contribution >= 4 is 0 Å². The third-order valence-corrected chi connectivity index (χ3v) is 2.43. The molecule has 1 aromatic rings. The second-order valence-corrected chi connectivity index (χ2v) is 3.56. The number of hydrogen-bond donors (Lipinski definition) is 1. The number of ether oxygens (including phenoxy) is 1.